The Balaban J connectivity index is 2.22. The van der Waals surface area contributed by atoms with Crippen molar-refractivity contribution in [3.05, 3.63) is 57.5 Å². The molecule has 0 spiro atoms. The van der Waals surface area contributed by atoms with Gasteiger partial charge in [0.2, 0.25) is 0 Å². The average molecular weight is 327 g/mol. The maximum Gasteiger partial charge on any atom is 0.146 e. The number of hydrogen-bond donors (Lipinski definition) is 1. The van der Waals surface area contributed by atoms with Gasteiger partial charge in [-0.05, 0) is 48.9 Å². The first-order valence-electron chi connectivity index (χ1n) is 5.54. The van der Waals surface area contributed by atoms with Gasteiger partial charge in [0.15, 0.2) is 0 Å². The molecule has 2 aromatic rings. The molecule has 0 fully saturated rings. The summed E-state index contributed by atoms with van der Waals surface area (Å²) in [5.41, 5.74) is 6.79. The van der Waals surface area contributed by atoms with E-state index < -0.39 is 0 Å². The van der Waals surface area contributed by atoms with Gasteiger partial charge in [0.05, 0.1) is 5.02 Å². The molecule has 0 amide bonds. The quantitative estimate of drug-likeness (QED) is 0.869. The summed E-state index contributed by atoms with van der Waals surface area (Å²) in [6, 6.07) is 13.1. The Bertz CT molecular complexity index is 540. The first-order valence-corrected chi connectivity index (χ1v) is 6.72. The van der Waals surface area contributed by atoms with Crippen LogP contribution in [0.2, 0.25) is 5.02 Å². The van der Waals surface area contributed by atoms with Crippen molar-refractivity contribution >= 4 is 27.5 Å². The minimum atomic E-state index is -0.0377. The summed E-state index contributed by atoms with van der Waals surface area (Å²) in [7, 11) is 0. The fraction of sp³-hybridized carbons (Fsp3) is 0.143. The highest BCUT2D eigenvalue weighted by atomic mass is 79.9. The molecule has 0 heterocycles. The summed E-state index contributed by atoms with van der Waals surface area (Å²) < 4.78 is 6.71. The van der Waals surface area contributed by atoms with E-state index in [0.29, 0.717) is 10.8 Å². The zero-order valence-corrected chi connectivity index (χ0v) is 12.2. The van der Waals surface area contributed by atoms with Crippen molar-refractivity contribution in [2.45, 2.75) is 13.0 Å². The molecule has 0 aliphatic rings. The largest absolute Gasteiger partial charge is 0.456 e. The number of hydrogen-bond acceptors (Lipinski definition) is 2. The molecule has 94 valence electrons. The summed E-state index contributed by atoms with van der Waals surface area (Å²) in [6.45, 7) is 1.92. The van der Waals surface area contributed by atoms with E-state index in [2.05, 4.69) is 15.9 Å². The molecule has 0 aromatic heterocycles. The van der Waals surface area contributed by atoms with E-state index in [1.165, 1.54) is 0 Å². The van der Waals surface area contributed by atoms with E-state index in [0.717, 1.165) is 15.8 Å². The lowest BCUT2D eigenvalue weighted by Gasteiger charge is -2.11. The Hall–Kier alpha value is -1.03. The molecule has 0 unspecified atom stereocenters. The lowest BCUT2D eigenvalue weighted by Crippen LogP contribution is -2.04. The van der Waals surface area contributed by atoms with Crippen LogP contribution >= 0.6 is 27.5 Å². The zero-order chi connectivity index (χ0) is 13.1. The van der Waals surface area contributed by atoms with Gasteiger partial charge >= 0.3 is 0 Å². The Kier molecular flexibility index (Phi) is 4.27. The van der Waals surface area contributed by atoms with Crippen LogP contribution in [0.5, 0.6) is 11.5 Å². The molecular weight excluding hydrogens is 314 g/mol. The molecule has 2 nitrogen and oxygen atoms in total. The van der Waals surface area contributed by atoms with Crippen molar-refractivity contribution in [2.24, 2.45) is 5.73 Å². The lowest BCUT2D eigenvalue weighted by molar-refractivity contribution is 0.482. The molecular formula is C14H13BrClNO. The second-order valence-corrected chi connectivity index (χ2v) is 5.36. The van der Waals surface area contributed by atoms with Crippen molar-refractivity contribution < 1.29 is 4.74 Å². The number of benzene rings is 2. The molecule has 0 saturated heterocycles. The topological polar surface area (TPSA) is 35.2 Å². The molecule has 1 atom stereocenters. The SMILES string of the molecule is C[C@@H](N)c1ccc(Oc2ccc(Br)cc2)c(Cl)c1. The lowest BCUT2D eigenvalue weighted by atomic mass is 10.1. The summed E-state index contributed by atoms with van der Waals surface area (Å²) in [5.74, 6) is 1.37. The second kappa shape index (κ2) is 5.74. The molecule has 0 radical (unpaired) electrons. The summed E-state index contributed by atoms with van der Waals surface area (Å²) in [5, 5.41) is 0.563. The monoisotopic (exact) mass is 325 g/mol. The maximum atomic E-state index is 6.16. The van der Waals surface area contributed by atoms with Crippen LogP contribution < -0.4 is 10.5 Å². The third-order valence-electron chi connectivity index (χ3n) is 2.52. The van der Waals surface area contributed by atoms with Crippen LogP contribution in [-0.2, 0) is 0 Å². The van der Waals surface area contributed by atoms with Crippen LogP contribution in [0.15, 0.2) is 46.9 Å². The van der Waals surface area contributed by atoms with Gasteiger partial charge < -0.3 is 10.5 Å². The van der Waals surface area contributed by atoms with Crippen molar-refractivity contribution in [3.63, 3.8) is 0 Å². The minimum Gasteiger partial charge on any atom is -0.456 e. The molecule has 0 bridgehead atoms. The van der Waals surface area contributed by atoms with Crippen LogP contribution in [0, 0.1) is 0 Å². The molecule has 4 heteroatoms. The highest BCUT2D eigenvalue weighted by molar-refractivity contribution is 9.10. The molecule has 2 rings (SSSR count). The van der Waals surface area contributed by atoms with E-state index in [4.69, 9.17) is 22.1 Å². The van der Waals surface area contributed by atoms with Gasteiger partial charge in [0.25, 0.3) is 0 Å². The number of ether oxygens (including phenoxy) is 1. The van der Waals surface area contributed by atoms with E-state index in [1.54, 1.807) is 0 Å². The molecule has 2 N–H and O–H groups in total. The van der Waals surface area contributed by atoms with Gasteiger partial charge in [0, 0.05) is 10.5 Å². The predicted molar refractivity (Wildman–Crippen MR) is 78.3 cm³/mol. The third kappa shape index (κ3) is 3.25. The number of halogens is 2. The minimum absolute atomic E-state index is 0.0377. The summed E-state index contributed by atoms with van der Waals surface area (Å²) in [6.07, 6.45) is 0. The van der Waals surface area contributed by atoms with Crippen LogP contribution in [0.3, 0.4) is 0 Å². The van der Waals surface area contributed by atoms with E-state index in [-0.39, 0.29) is 6.04 Å². The van der Waals surface area contributed by atoms with Gasteiger partial charge in [-0.1, -0.05) is 33.6 Å². The first kappa shape index (κ1) is 13.4. The summed E-state index contributed by atoms with van der Waals surface area (Å²) in [4.78, 5) is 0. The second-order valence-electron chi connectivity index (χ2n) is 4.03. The van der Waals surface area contributed by atoms with Crippen LogP contribution in [0.4, 0.5) is 0 Å². The first-order chi connectivity index (χ1) is 8.56. The summed E-state index contributed by atoms with van der Waals surface area (Å²) >= 11 is 9.54. The van der Waals surface area contributed by atoms with Crippen LogP contribution in [-0.4, -0.2) is 0 Å². The van der Waals surface area contributed by atoms with Crippen LogP contribution in [0.1, 0.15) is 18.5 Å². The standard InChI is InChI=1S/C14H13BrClNO/c1-9(17)10-2-7-14(13(16)8-10)18-12-5-3-11(15)4-6-12/h2-9H,17H2,1H3/t9-/m1/s1. The van der Waals surface area contributed by atoms with E-state index >= 15 is 0 Å². The smallest absolute Gasteiger partial charge is 0.146 e. The Morgan fingerprint density at radius 2 is 1.83 bits per heavy atom. The highest BCUT2D eigenvalue weighted by Gasteiger charge is 2.06. The maximum absolute atomic E-state index is 6.16. The van der Waals surface area contributed by atoms with Crippen molar-refractivity contribution in [2.75, 3.05) is 0 Å². The van der Waals surface area contributed by atoms with Crippen molar-refractivity contribution in [1.82, 2.24) is 0 Å². The number of nitrogens with two attached hydrogens (primary N) is 1. The molecule has 0 saturated carbocycles. The Morgan fingerprint density at radius 1 is 1.17 bits per heavy atom. The average Bonchev–Trinajstić information content (AvgIpc) is 2.34. The van der Waals surface area contributed by atoms with Crippen molar-refractivity contribution in [1.29, 1.82) is 0 Å². The normalized spacial score (nSPS) is 12.2. The number of rotatable bonds is 3. The fourth-order valence-corrected chi connectivity index (χ4v) is 2.00. The van der Waals surface area contributed by atoms with Gasteiger partial charge in [-0.3, -0.25) is 0 Å². The van der Waals surface area contributed by atoms with E-state index in [9.17, 15) is 0 Å². The van der Waals surface area contributed by atoms with Crippen LogP contribution in [0.25, 0.3) is 0 Å². The van der Waals surface area contributed by atoms with Gasteiger partial charge in [-0.25, -0.2) is 0 Å². The van der Waals surface area contributed by atoms with Crippen molar-refractivity contribution in [3.8, 4) is 11.5 Å². The van der Waals surface area contributed by atoms with Gasteiger partial charge in [-0.15, -0.1) is 0 Å². The fourth-order valence-electron chi connectivity index (χ4n) is 1.51. The zero-order valence-electron chi connectivity index (χ0n) is 9.86. The highest BCUT2D eigenvalue weighted by Crippen LogP contribution is 2.31. The Morgan fingerprint density at radius 3 is 2.39 bits per heavy atom. The Labute approximate surface area is 120 Å². The van der Waals surface area contributed by atoms with E-state index in [1.807, 2.05) is 49.4 Å². The van der Waals surface area contributed by atoms with Gasteiger partial charge in [0.1, 0.15) is 11.5 Å². The molecule has 0 aliphatic carbocycles. The van der Waals surface area contributed by atoms with Gasteiger partial charge in [-0.2, -0.15) is 0 Å². The molecule has 2 aromatic carbocycles. The third-order valence-corrected chi connectivity index (χ3v) is 3.35. The molecule has 18 heavy (non-hydrogen) atoms. The molecule has 0 aliphatic heterocycles. The predicted octanol–water partition coefficient (Wildman–Crippen LogP) is 4.91.